The number of benzene rings is 6. The minimum absolute atomic E-state index is 0. The minimum Gasteiger partial charge on any atom is -0.446 e. The fraction of sp³-hybridized carbons (Fsp3) is 0.453. The smallest absolute Gasteiger partial charge is 0.416 e. The number of likely N-dealkylation sites (N-methyl/N-ethyl adjacent to an activating group) is 2. The first-order valence-electron chi connectivity index (χ1n) is 33.8. The summed E-state index contributed by atoms with van der Waals surface area (Å²) in [4.78, 5) is 77.6. The van der Waals surface area contributed by atoms with Gasteiger partial charge in [-0.05, 0) is 154 Å². The zero-order valence-corrected chi connectivity index (χ0v) is 59.5. The van der Waals surface area contributed by atoms with Crippen molar-refractivity contribution in [2.24, 2.45) is 0 Å². The second-order valence-electron chi connectivity index (χ2n) is 26.4. The summed E-state index contributed by atoms with van der Waals surface area (Å²) in [7, 11) is 5.32. The molecule has 2 N–H and O–H groups in total. The molecule has 548 valence electrons. The number of hydrogen-bond donors (Lipinski definition) is 2. The van der Waals surface area contributed by atoms with Crippen LogP contribution >= 0.6 is 37.2 Å². The van der Waals surface area contributed by atoms with Gasteiger partial charge < -0.3 is 48.9 Å². The Bertz CT molecular complexity index is 3680. The van der Waals surface area contributed by atoms with E-state index in [2.05, 4.69) is 32.6 Å². The van der Waals surface area contributed by atoms with E-state index in [-0.39, 0.29) is 92.8 Å². The predicted molar refractivity (Wildman–Crippen MR) is 380 cm³/mol. The number of alkyl halides is 6. The Morgan fingerprint density at radius 1 is 0.644 bits per heavy atom. The summed E-state index contributed by atoms with van der Waals surface area (Å²) in [5, 5.41) is 6.40. The summed E-state index contributed by atoms with van der Waals surface area (Å²) in [5.74, 6) is -1.80. The van der Waals surface area contributed by atoms with Crippen LogP contribution < -0.4 is 10.6 Å². The Balaban J connectivity index is 0.00000477. The Kier molecular flexibility index (Phi) is 29.4. The topological polar surface area (TPSA) is 157 Å². The van der Waals surface area contributed by atoms with Crippen LogP contribution in [0.1, 0.15) is 118 Å². The minimum atomic E-state index is -5.15. The molecule has 0 saturated carbocycles. The Morgan fingerprint density at radius 3 is 1.99 bits per heavy atom. The highest BCUT2D eigenvalue weighted by atomic mass is 35.5. The predicted octanol–water partition coefficient (Wildman–Crippen LogP) is 13.9. The molecule has 3 aliphatic heterocycles. The first kappa shape index (κ1) is 81.0. The van der Waals surface area contributed by atoms with Gasteiger partial charge in [0.05, 0.1) is 29.5 Å². The van der Waals surface area contributed by atoms with Gasteiger partial charge in [0.2, 0.25) is 11.8 Å². The zero-order valence-electron chi connectivity index (χ0n) is 57.0. The van der Waals surface area contributed by atoms with Crippen LogP contribution in [0.15, 0.2) is 146 Å². The summed E-state index contributed by atoms with van der Waals surface area (Å²) < 4.78 is 116. The molecule has 5 amide bonds. The lowest BCUT2D eigenvalue weighted by molar-refractivity contribution is -0.143. The monoisotopic (exact) mass is 1470 g/mol. The average Bonchev–Trinajstić information content (AvgIpc) is 1.62. The van der Waals surface area contributed by atoms with E-state index in [0.717, 1.165) is 91.0 Å². The molecule has 1 aliphatic carbocycles. The normalized spacial score (nSPS) is 17.6. The quantitative estimate of drug-likeness (QED) is 0.0374. The van der Waals surface area contributed by atoms with Gasteiger partial charge in [0, 0.05) is 102 Å². The molecule has 4 aliphatic rings. The van der Waals surface area contributed by atoms with E-state index in [1.165, 1.54) is 24.3 Å². The van der Waals surface area contributed by atoms with E-state index in [1.54, 1.807) is 34.9 Å². The standard InChI is InChI=1S/C75H87F7N8O8.3ClH/c1-85(35-15-36-87(3)69(93)56-20-14-16-53(44-56)49-83-34-13-5-8-24-67(91)86(2)42-43-88-37-29-62(30-38-88)98-71(95)84-65-23-12-10-21-63(65)54-17-6-4-7-18-54)68(92)50-96-66-47-55-19-9-11-22-64(55)72(66)31-39-89(40-32-72)41-33-73(58-25-27-61(76)28-26-58)51-90(52-97-73)70(94)57-45-59(74(77,78)79)48-60(46-57)75(80,81)82;;;/h4,6-7,9-12,14,16-23,25-28,44-46,48,62,66,83H,5,8,13,15,24,29-43,47,49-52H2,1-3H3,(H,84,95);3*1H/t66-,73-;;;/m0.../s1. The van der Waals surface area contributed by atoms with Crippen molar-refractivity contribution in [3.63, 3.8) is 0 Å². The second-order valence-corrected chi connectivity index (χ2v) is 26.4. The number of rotatable bonds is 27. The van der Waals surface area contributed by atoms with Crippen molar-refractivity contribution in [2.75, 3.05) is 112 Å². The maximum Gasteiger partial charge on any atom is 0.416 e. The van der Waals surface area contributed by atoms with Crippen LogP contribution in [0.3, 0.4) is 0 Å². The highest BCUT2D eigenvalue weighted by molar-refractivity contribution is 5.95. The molecule has 16 nitrogen and oxygen atoms in total. The number of nitrogens with zero attached hydrogens (tertiary/aromatic N) is 6. The summed E-state index contributed by atoms with van der Waals surface area (Å²) in [6.45, 7) is 5.96. The van der Waals surface area contributed by atoms with Crippen molar-refractivity contribution in [3.05, 3.63) is 196 Å². The van der Waals surface area contributed by atoms with E-state index < -0.39 is 64.6 Å². The van der Waals surface area contributed by atoms with Gasteiger partial charge in [-0.1, -0.05) is 103 Å². The molecule has 2 atom stereocenters. The van der Waals surface area contributed by atoms with Crippen LogP contribution in [-0.4, -0.2) is 178 Å². The van der Waals surface area contributed by atoms with Crippen LogP contribution in [0.25, 0.3) is 11.1 Å². The number of para-hydroxylation sites is 1. The maximum absolute atomic E-state index is 14.3. The highest BCUT2D eigenvalue weighted by Gasteiger charge is 2.50. The van der Waals surface area contributed by atoms with Crippen molar-refractivity contribution < 1.29 is 68.9 Å². The number of carbonyl (C=O) groups excluding carboxylic acids is 5. The fourth-order valence-corrected chi connectivity index (χ4v) is 13.9. The van der Waals surface area contributed by atoms with E-state index in [4.69, 9.17) is 14.2 Å². The molecule has 10 rings (SSSR count). The van der Waals surface area contributed by atoms with Gasteiger partial charge in [0.15, 0.2) is 0 Å². The molecule has 6 aromatic carbocycles. The molecule has 0 radical (unpaired) electrons. The second kappa shape index (κ2) is 36.7. The largest absolute Gasteiger partial charge is 0.446 e. The number of amides is 5. The summed E-state index contributed by atoms with van der Waals surface area (Å²) in [5.41, 5.74) is 1.30. The average molecular weight is 1470 g/mol. The van der Waals surface area contributed by atoms with E-state index in [9.17, 15) is 54.7 Å². The molecule has 3 saturated heterocycles. The molecule has 26 heteroatoms. The third-order valence-corrected chi connectivity index (χ3v) is 19.7. The SMILES string of the molecule is CN(CCN1CCC(OC(=O)Nc2ccccc2-c2ccccc2)CC1)C(=O)CCCCCNCc1cccc(C(=O)N(C)CCCN(C)C(=O)CO[C@H]2Cc3ccccc3C23CCN(CC[C@@]2(c4ccc(F)cc4)CN(C(=O)c4cc(C(F)(F)F)cc(C(F)(F)F)c4)CO2)CC3)c1.Cl.Cl.Cl. The number of unbranched alkanes of at least 4 members (excludes halogenated alkanes) is 2. The fourth-order valence-electron chi connectivity index (χ4n) is 13.9. The van der Waals surface area contributed by atoms with Gasteiger partial charge in [0.25, 0.3) is 11.8 Å². The number of nitrogens with one attached hydrogen (secondary N) is 2. The van der Waals surface area contributed by atoms with Gasteiger partial charge in [-0.25, -0.2) is 9.18 Å². The van der Waals surface area contributed by atoms with Crippen LogP contribution in [-0.2, 0) is 60.1 Å². The number of piperidine rings is 2. The van der Waals surface area contributed by atoms with Crippen molar-refractivity contribution in [3.8, 4) is 11.1 Å². The number of halogens is 10. The number of likely N-dealkylation sites (tertiary alicyclic amines) is 2. The first-order chi connectivity index (χ1) is 47.0. The lowest BCUT2D eigenvalue weighted by Crippen LogP contribution is -2.50. The Labute approximate surface area is 604 Å². The molecule has 6 aromatic rings. The maximum atomic E-state index is 14.3. The lowest BCUT2D eigenvalue weighted by Gasteiger charge is -2.44. The van der Waals surface area contributed by atoms with E-state index >= 15 is 0 Å². The number of hydrogen-bond acceptors (Lipinski definition) is 11. The van der Waals surface area contributed by atoms with Crippen molar-refractivity contribution in [1.29, 1.82) is 0 Å². The number of anilines is 1. The van der Waals surface area contributed by atoms with E-state index in [0.29, 0.717) is 107 Å². The first-order valence-corrected chi connectivity index (χ1v) is 33.8. The highest BCUT2D eigenvalue weighted by Crippen LogP contribution is 2.48. The van der Waals surface area contributed by atoms with Gasteiger partial charge in [-0.3, -0.25) is 24.5 Å². The molecule has 101 heavy (non-hydrogen) atoms. The zero-order chi connectivity index (χ0) is 69.6. The third kappa shape index (κ3) is 21.2. The molecule has 0 unspecified atom stereocenters. The molecule has 3 fully saturated rings. The molecule has 1 spiro atoms. The van der Waals surface area contributed by atoms with Gasteiger partial charge in [-0.15, -0.1) is 37.2 Å². The number of ether oxygens (including phenoxy) is 3. The molecule has 3 heterocycles. The van der Waals surface area contributed by atoms with Crippen molar-refractivity contribution >= 4 is 72.6 Å². The van der Waals surface area contributed by atoms with Gasteiger partial charge in [-0.2, -0.15) is 26.3 Å². The van der Waals surface area contributed by atoms with Crippen LogP contribution in [0.2, 0.25) is 0 Å². The summed E-state index contributed by atoms with van der Waals surface area (Å²) in [6.07, 6.45) is -3.96. The molecule has 0 bridgehead atoms. The Hall–Kier alpha value is -7.35. The molecule has 0 aromatic heterocycles. The van der Waals surface area contributed by atoms with Crippen molar-refractivity contribution in [2.45, 2.75) is 113 Å². The van der Waals surface area contributed by atoms with Crippen molar-refractivity contribution in [1.82, 2.24) is 34.7 Å². The molecular weight excluding hydrogens is 1380 g/mol. The summed E-state index contributed by atoms with van der Waals surface area (Å²) in [6, 6.07) is 39.5. The van der Waals surface area contributed by atoms with E-state index in [1.807, 2.05) is 92.0 Å². The van der Waals surface area contributed by atoms with Crippen LogP contribution in [0.4, 0.5) is 41.2 Å². The van der Waals surface area contributed by atoms with Gasteiger partial charge >= 0.3 is 18.4 Å². The number of fused-ring (bicyclic) bond motifs is 2. The van der Waals surface area contributed by atoms with Gasteiger partial charge in [0.1, 0.15) is 30.9 Å². The summed E-state index contributed by atoms with van der Waals surface area (Å²) >= 11 is 0. The lowest BCUT2D eigenvalue weighted by atomic mass is 9.72. The molecular formula is C75H90Cl3F7N8O8. The van der Waals surface area contributed by atoms with Crippen LogP contribution in [0.5, 0.6) is 0 Å². The van der Waals surface area contributed by atoms with Crippen LogP contribution in [0, 0.1) is 5.82 Å². The third-order valence-electron chi connectivity index (χ3n) is 19.7. The Morgan fingerprint density at radius 2 is 1.29 bits per heavy atom. The number of carbonyl (C=O) groups is 5.